The SMILES string of the molecule is C/C=C(O)\C=C/c1ccc(O)cc1. The maximum atomic E-state index is 9.10. The first-order chi connectivity index (χ1) is 6.22. The molecule has 0 bridgehead atoms. The van der Waals surface area contributed by atoms with Gasteiger partial charge in [-0.25, -0.2) is 0 Å². The van der Waals surface area contributed by atoms with Crippen LogP contribution >= 0.6 is 0 Å². The number of aliphatic hydroxyl groups excluding tert-OH is 1. The molecule has 0 aliphatic heterocycles. The highest BCUT2D eigenvalue weighted by Crippen LogP contribution is 2.11. The predicted octanol–water partition coefficient (Wildman–Crippen LogP) is 2.87. The molecule has 1 aromatic rings. The highest BCUT2D eigenvalue weighted by molar-refractivity contribution is 5.52. The number of aliphatic hydroxyl groups is 1. The number of benzene rings is 1. The van der Waals surface area contributed by atoms with Crippen LogP contribution in [0.3, 0.4) is 0 Å². The van der Waals surface area contributed by atoms with Crippen molar-refractivity contribution in [3.05, 3.63) is 47.7 Å². The van der Waals surface area contributed by atoms with Gasteiger partial charge in [0.25, 0.3) is 0 Å². The van der Waals surface area contributed by atoms with Crippen LogP contribution in [-0.4, -0.2) is 10.2 Å². The Labute approximate surface area is 77.5 Å². The monoisotopic (exact) mass is 176 g/mol. The Balaban J connectivity index is 2.75. The second kappa shape index (κ2) is 4.36. The van der Waals surface area contributed by atoms with Crippen molar-refractivity contribution in [1.29, 1.82) is 0 Å². The second-order valence-electron chi connectivity index (χ2n) is 2.64. The number of hydrogen-bond donors (Lipinski definition) is 2. The van der Waals surface area contributed by atoms with E-state index in [1.807, 2.05) is 0 Å². The molecule has 0 spiro atoms. The fourth-order valence-electron chi connectivity index (χ4n) is 0.863. The van der Waals surface area contributed by atoms with Crippen LogP contribution in [0.4, 0.5) is 0 Å². The molecule has 2 heteroatoms. The molecule has 0 saturated heterocycles. The summed E-state index contributed by atoms with van der Waals surface area (Å²) in [6.07, 6.45) is 4.98. The van der Waals surface area contributed by atoms with Crippen LogP contribution in [-0.2, 0) is 0 Å². The Bertz CT molecular complexity index is 320. The van der Waals surface area contributed by atoms with Crippen LogP contribution in [0.5, 0.6) is 5.75 Å². The Kier molecular flexibility index (Phi) is 3.15. The molecule has 13 heavy (non-hydrogen) atoms. The Morgan fingerprint density at radius 1 is 1.23 bits per heavy atom. The molecular weight excluding hydrogens is 164 g/mol. The summed E-state index contributed by atoms with van der Waals surface area (Å²) in [6.45, 7) is 1.76. The van der Waals surface area contributed by atoms with Gasteiger partial charge < -0.3 is 10.2 Å². The van der Waals surface area contributed by atoms with Crippen molar-refractivity contribution < 1.29 is 10.2 Å². The van der Waals surface area contributed by atoms with Crippen LogP contribution in [0.2, 0.25) is 0 Å². The fraction of sp³-hybridized carbons (Fsp3) is 0.0909. The lowest BCUT2D eigenvalue weighted by molar-refractivity contribution is 0.432. The molecule has 0 heterocycles. The number of phenols is 1. The lowest BCUT2D eigenvalue weighted by Gasteiger charge is -1.93. The summed E-state index contributed by atoms with van der Waals surface area (Å²) in [4.78, 5) is 0. The number of phenolic OH excluding ortho intramolecular Hbond substituents is 1. The van der Waals surface area contributed by atoms with Crippen molar-refractivity contribution in [1.82, 2.24) is 0 Å². The molecule has 2 N–H and O–H groups in total. The average Bonchev–Trinajstić information content (AvgIpc) is 2.16. The van der Waals surface area contributed by atoms with Crippen LogP contribution in [0.1, 0.15) is 12.5 Å². The zero-order valence-corrected chi connectivity index (χ0v) is 7.44. The zero-order chi connectivity index (χ0) is 9.68. The molecule has 0 saturated carbocycles. The van der Waals surface area contributed by atoms with Gasteiger partial charge in [0.1, 0.15) is 11.5 Å². The summed E-state index contributed by atoms with van der Waals surface area (Å²) in [5.74, 6) is 0.473. The van der Waals surface area contributed by atoms with E-state index in [9.17, 15) is 0 Å². The van der Waals surface area contributed by atoms with Gasteiger partial charge in [-0.15, -0.1) is 0 Å². The Morgan fingerprint density at radius 2 is 1.85 bits per heavy atom. The normalized spacial score (nSPS) is 12.2. The largest absolute Gasteiger partial charge is 0.508 e. The van der Waals surface area contributed by atoms with E-state index in [4.69, 9.17) is 10.2 Å². The van der Waals surface area contributed by atoms with E-state index in [2.05, 4.69) is 0 Å². The van der Waals surface area contributed by atoms with Crippen molar-refractivity contribution in [3.8, 4) is 5.75 Å². The Morgan fingerprint density at radius 3 is 2.38 bits per heavy atom. The third-order valence-electron chi connectivity index (χ3n) is 1.64. The lowest BCUT2D eigenvalue weighted by atomic mass is 10.2. The molecule has 1 rings (SSSR count). The summed E-state index contributed by atoms with van der Waals surface area (Å²) < 4.78 is 0. The van der Waals surface area contributed by atoms with Gasteiger partial charge in [-0.1, -0.05) is 18.2 Å². The minimum absolute atomic E-state index is 0.230. The van der Waals surface area contributed by atoms with Gasteiger partial charge in [-0.05, 0) is 36.8 Å². The van der Waals surface area contributed by atoms with Crippen LogP contribution < -0.4 is 0 Å². The van der Waals surface area contributed by atoms with E-state index in [-0.39, 0.29) is 11.5 Å². The van der Waals surface area contributed by atoms with E-state index >= 15 is 0 Å². The summed E-state index contributed by atoms with van der Waals surface area (Å²) in [6, 6.07) is 6.75. The summed E-state index contributed by atoms with van der Waals surface area (Å²) in [5.41, 5.74) is 0.936. The first-order valence-corrected chi connectivity index (χ1v) is 4.05. The van der Waals surface area contributed by atoms with E-state index in [1.165, 1.54) is 0 Å². The van der Waals surface area contributed by atoms with Crippen LogP contribution in [0, 0.1) is 0 Å². The van der Waals surface area contributed by atoms with Crippen LogP contribution in [0.25, 0.3) is 6.08 Å². The van der Waals surface area contributed by atoms with E-state index in [1.54, 1.807) is 49.4 Å². The molecule has 0 atom stereocenters. The molecule has 0 amide bonds. The summed E-state index contributed by atoms with van der Waals surface area (Å²) in [7, 11) is 0. The van der Waals surface area contributed by atoms with Crippen molar-refractivity contribution in [3.63, 3.8) is 0 Å². The van der Waals surface area contributed by atoms with E-state index in [0.29, 0.717) is 0 Å². The average molecular weight is 176 g/mol. The smallest absolute Gasteiger partial charge is 0.115 e. The molecule has 0 aliphatic carbocycles. The van der Waals surface area contributed by atoms with Gasteiger partial charge in [0.2, 0.25) is 0 Å². The highest BCUT2D eigenvalue weighted by Gasteiger charge is 1.88. The zero-order valence-electron chi connectivity index (χ0n) is 7.44. The molecule has 0 aromatic heterocycles. The Hall–Kier alpha value is -1.70. The summed E-state index contributed by atoms with van der Waals surface area (Å²) >= 11 is 0. The molecular formula is C11H12O2. The maximum Gasteiger partial charge on any atom is 0.115 e. The number of aromatic hydroxyl groups is 1. The number of rotatable bonds is 2. The van der Waals surface area contributed by atoms with Gasteiger partial charge in [0.15, 0.2) is 0 Å². The van der Waals surface area contributed by atoms with Gasteiger partial charge in [-0.3, -0.25) is 0 Å². The highest BCUT2D eigenvalue weighted by atomic mass is 16.3. The van der Waals surface area contributed by atoms with E-state index in [0.717, 1.165) is 5.56 Å². The molecule has 0 unspecified atom stereocenters. The minimum atomic E-state index is 0.230. The first-order valence-electron chi connectivity index (χ1n) is 4.05. The first kappa shape index (κ1) is 9.39. The molecule has 1 aromatic carbocycles. The second-order valence-corrected chi connectivity index (χ2v) is 2.64. The van der Waals surface area contributed by atoms with Crippen molar-refractivity contribution in [2.24, 2.45) is 0 Å². The van der Waals surface area contributed by atoms with Gasteiger partial charge in [0.05, 0.1) is 0 Å². The minimum Gasteiger partial charge on any atom is -0.508 e. The van der Waals surface area contributed by atoms with Gasteiger partial charge in [0, 0.05) is 0 Å². The maximum absolute atomic E-state index is 9.10. The topological polar surface area (TPSA) is 40.5 Å². The number of hydrogen-bond acceptors (Lipinski definition) is 2. The van der Waals surface area contributed by atoms with Gasteiger partial charge in [-0.2, -0.15) is 0 Å². The van der Waals surface area contributed by atoms with E-state index < -0.39 is 0 Å². The summed E-state index contributed by atoms with van der Waals surface area (Å²) in [5, 5.41) is 18.1. The number of allylic oxidation sites excluding steroid dienone is 2. The molecule has 2 nitrogen and oxygen atoms in total. The van der Waals surface area contributed by atoms with Crippen molar-refractivity contribution >= 4 is 6.08 Å². The van der Waals surface area contributed by atoms with Gasteiger partial charge >= 0.3 is 0 Å². The quantitative estimate of drug-likeness (QED) is 0.537. The third kappa shape index (κ3) is 3.03. The fourth-order valence-corrected chi connectivity index (χ4v) is 0.863. The standard InChI is InChI=1S/C11H12O2/c1-2-10(12)6-3-9-4-7-11(13)8-5-9/h2-8,12-13H,1H3/b6-3-,10-2+. The van der Waals surface area contributed by atoms with Crippen LogP contribution in [0.15, 0.2) is 42.2 Å². The predicted molar refractivity (Wildman–Crippen MR) is 53.5 cm³/mol. The van der Waals surface area contributed by atoms with Crippen molar-refractivity contribution in [2.75, 3.05) is 0 Å². The van der Waals surface area contributed by atoms with Crippen molar-refractivity contribution in [2.45, 2.75) is 6.92 Å². The molecule has 0 fully saturated rings. The molecule has 68 valence electrons. The third-order valence-corrected chi connectivity index (χ3v) is 1.64. The molecule has 0 radical (unpaired) electrons. The lowest BCUT2D eigenvalue weighted by Crippen LogP contribution is -1.73. The molecule has 0 aliphatic rings.